The zero-order valence-corrected chi connectivity index (χ0v) is 14.7. The van der Waals surface area contributed by atoms with E-state index in [9.17, 15) is 9.90 Å². The summed E-state index contributed by atoms with van der Waals surface area (Å²) in [6, 6.07) is 2.92. The van der Waals surface area contributed by atoms with Crippen LogP contribution in [0, 0.1) is 20.8 Å². The van der Waals surface area contributed by atoms with Gasteiger partial charge in [-0.25, -0.2) is 0 Å². The zero-order valence-electron chi connectivity index (χ0n) is 14.7. The van der Waals surface area contributed by atoms with Gasteiger partial charge >= 0.3 is 5.97 Å². The first-order valence-corrected chi connectivity index (χ1v) is 7.78. The fraction of sp³-hybridized carbons (Fsp3) is 0.471. The van der Waals surface area contributed by atoms with E-state index in [0.717, 1.165) is 16.9 Å². The van der Waals surface area contributed by atoms with Crippen LogP contribution < -0.4 is 4.74 Å². The Kier molecular flexibility index (Phi) is 5.56. The van der Waals surface area contributed by atoms with E-state index < -0.39 is 12.0 Å². The summed E-state index contributed by atoms with van der Waals surface area (Å²) in [6.07, 6.45) is 0. The van der Waals surface area contributed by atoms with Crippen molar-refractivity contribution >= 4 is 5.97 Å². The zero-order chi connectivity index (χ0) is 17.9. The molecule has 1 aromatic heterocycles. The molecular weight excluding hydrogens is 310 g/mol. The SMILES string of the molecule is CCN(Cc1noc(C)n1)[C@H](C(=O)O)c1cc(C)c(OC)c(C)c1. The van der Waals surface area contributed by atoms with Crippen LogP contribution in [0.1, 0.15) is 41.4 Å². The number of benzene rings is 1. The molecule has 0 aliphatic rings. The minimum Gasteiger partial charge on any atom is -0.496 e. The number of methoxy groups -OCH3 is 1. The number of aliphatic carboxylic acids is 1. The van der Waals surface area contributed by atoms with Gasteiger partial charge in [0.25, 0.3) is 0 Å². The summed E-state index contributed by atoms with van der Waals surface area (Å²) < 4.78 is 10.3. The van der Waals surface area contributed by atoms with Crippen molar-refractivity contribution in [3.63, 3.8) is 0 Å². The van der Waals surface area contributed by atoms with Crippen LogP contribution in [0.5, 0.6) is 5.75 Å². The molecule has 0 amide bonds. The number of carboxylic acids is 1. The second kappa shape index (κ2) is 7.44. The van der Waals surface area contributed by atoms with Crippen LogP contribution in [0.4, 0.5) is 0 Å². The minimum atomic E-state index is -0.916. The van der Waals surface area contributed by atoms with Crippen molar-refractivity contribution in [2.75, 3.05) is 13.7 Å². The number of hydrogen-bond acceptors (Lipinski definition) is 6. The van der Waals surface area contributed by atoms with Gasteiger partial charge in [-0.2, -0.15) is 4.98 Å². The molecule has 1 heterocycles. The monoisotopic (exact) mass is 333 g/mol. The molecule has 0 spiro atoms. The second-order valence-electron chi connectivity index (χ2n) is 5.72. The summed E-state index contributed by atoms with van der Waals surface area (Å²) in [6.45, 7) is 8.27. The maximum Gasteiger partial charge on any atom is 0.325 e. The van der Waals surface area contributed by atoms with Crippen LogP contribution >= 0.6 is 0 Å². The Hall–Kier alpha value is -2.41. The fourth-order valence-corrected chi connectivity index (χ4v) is 2.95. The number of ether oxygens (including phenoxy) is 1. The molecule has 0 unspecified atom stereocenters. The molecule has 2 rings (SSSR count). The Balaban J connectivity index is 2.38. The molecule has 0 saturated carbocycles. The first-order chi connectivity index (χ1) is 11.4. The highest BCUT2D eigenvalue weighted by Crippen LogP contribution is 2.30. The average molecular weight is 333 g/mol. The molecule has 2 aromatic rings. The molecule has 0 aliphatic carbocycles. The van der Waals surface area contributed by atoms with Crippen molar-refractivity contribution in [2.24, 2.45) is 0 Å². The van der Waals surface area contributed by atoms with Gasteiger partial charge in [0, 0.05) is 6.92 Å². The van der Waals surface area contributed by atoms with E-state index in [1.165, 1.54) is 0 Å². The van der Waals surface area contributed by atoms with Crippen molar-refractivity contribution in [3.05, 3.63) is 40.5 Å². The van der Waals surface area contributed by atoms with Gasteiger partial charge in [-0.1, -0.05) is 24.2 Å². The van der Waals surface area contributed by atoms with Crippen LogP contribution in [0.15, 0.2) is 16.7 Å². The van der Waals surface area contributed by atoms with Gasteiger partial charge < -0.3 is 14.4 Å². The number of carboxylic acid groups (broad SMARTS) is 1. The normalized spacial score (nSPS) is 12.4. The van der Waals surface area contributed by atoms with E-state index in [0.29, 0.717) is 30.4 Å². The number of likely N-dealkylation sites (N-methyl/N-ethyl adjacent to an activating group) is 1. The van der Waals surface area contributed by atoms with E-state index in [4.69, 9.17) is 9.26 Å². The van der Waals surface area contributed by atoms with Gasteiger partial charge in [0.15, 0.2) is 5.82 Å². The quantitative estimate of drug-likeness (QED) is 0.833. The summed E-state index contributed by atoms with van der Waals surface area (Å²) in [5, 5.41) is 13.6. The van der Waals surface area contributed by atoms with Gasteiger partial charge in [-0.3, -0.25) is 9.69 Å². The minimum absolute atomic E-state index is 0.301. The highest BCUT2D eigenvalue weighted by molar-refractivity contribution is 5.76. The molecule has 130 valence electrons. The topological polar surface area (TPSA) is 88.7 Å². The van der Waals surface area contributed by atoms with E-state index in [1.54, 1.807) is 18.9 Å². The van der Waals surface area contributed by atoms with Gasteiger partial charge in [0.1, 0.15) is 11.8 Å². The van der Waals surface area contributed by atoms with Gasteiger partial charge in [0.2, 0.25) is 5.89 Å². The highest BCUT2D eigenvalue weighted by atomic mass is 16.5. The van der Waals surface area contributed by atoms with Crippen LogP contribution in [-0.2, 0) is 11.3 Å². The van der Waals surface area contributed by atoms with Gasteiger partial charge in [0.05, 0.1) is 13.7 Å². The number of carbonyl (C=O) groups is 1. The van der Waals surface area contributed by atoms with Gasteiger partial charge in [-0.05, 0) is 37.1 Å². The smallest absolute Gasteiger partial charge is 0.325 e. The van der Waals surface area contributed by atoms with Crippen molar-refractivity contribution in [2.45, 2.75) is 40.3 Å². The molecule has 1 atom stereocenters. The van der Waals surface area contributed by atoms with Crippen molar-refractivity contribution in [1.29, 1.82) is 0 Å². The van der Waals surface area contributed by atoms with Crippen LogP contribution in [0.25, 0.3) is 0 Å². The Morgan fingerprint density at radius 3 is 2.38 bits per heavy atom. The Morgan fingerprint density at radius 2 is 1.96 bits per heavy atom. The molecule has 0 radical (unpaired) electrons. The van der Waals surface area contributed by atoms with E-state index in [2.05, 4.69) is 10.1 Å². The highest BCUT2D eigenvalue weighted by Gasteiger charge is 2.28. The second-order valence-corrected chi connectivity index (χ2v) is 5.72. The van der Waals surface area contributed by atoms with Gasteiger partial charge in [-0.15, -0.1) is 0 Å². The van der Waals surface area contributed by atoms with Crippen molar-refractivity contribution in [1.82, 2.24) is 15.0 Å². The number of hydrogen-bond donors (Lipinski definition) is 1. The maximum absolute atomic E-state index is 11.9. The first-order valence-electron chi connectivity index (χ1n) is 7.78. The fourth-order valence-electron chi connectivity index (χ4n) is 2.95. The third-order valence-electron chi connectivity index (χ3n) is 3.92. The largest absolute Gasteiger partial charge is 0.496 e. The number of nitrogens with zero attached hydrogens (tertiary/aromatic N) is 3. The Morgan fingerprint density at radius 1 is 1.33 bits per heavy atom. The van der Waals surface area contributed by atoms with E-state index in [1.807, 2.05) is 32.9 Å². The first kappa shape index (κ1) is 17.9. The molecule has 24 heavy (non-hydrogen) atoms. The molecule has 7 heteroatoms. The number of rotatable bonds is 7. The average Bonchev–Trinajstić information content (AvgIpc) is 2.91. The third-order valence-corrected chi connectivity index (χ3v) is 3.92. The predicted octanol–water partition coefficient (Wildman–Crippen LogP) is 2.65. The number of aryl methyl sites for hydroxylation is 3. The summed E-state index contributed by atoms with van der Waals surface area (Å²) in [4.78, 5) is 17.9. The lowest BCUT2D eigenvalue weighted by Gasteiger charge is -2.27. The molecular formula is C17H23N3O4. The molecule has 0 fully saturated rings. The standard InChI is InChI=1S/C17H23N3O4/c1-6-20(9-14-18-12(4)24-19-14)15(17(21)22)13-7-10(2)16(23-5)11(3)8-13/h7-8,15H,6,9H2,1-5H3,(H,21,22)/t15-/m0/s1. The van der Waals surface area contributed by atoms with E-state index in [-0.39, 0.29) is 0 Å². The lowest BCUT2D eigenvalue weighted by molar-refractivity contribution is -0.143. The van der Waals surface area contributed by atoms with Crippen LogP contribution in [0.2, 0.25) is 0 Å². The summed E-state index contributed by atoms with van der Waals surface area (Å²) >= 11 is 0. The van der Waals surface area contributed by atoms with E-state index >= 15 is 0 Å². The maximum atomic E-state index is 11.9. The summed E-state index contributed by atoms with van der Waals surface area (Å²) in [5.74, 6) is 0.799. The molecule has 1 aromatic carbocycles. The molecule has 0 bridgehead atoms. The predicted molar refractivity (Wildman–Crippen MR) is 88.0 cm³/mol. The molecule has 1 N–H and O–H groups in total. The third kappa shape index (κ3) is 3.73. The van der Waals surface area contributed by atoms with Crippen LogP contribution in [-0.4, -0.2) is 39.8 Å². The molecule has 0 saturated heterocycles. The lowest BCUT2D eigenvalue weighted by atomic mass is 9.99. The Bertz CT molecular complexity index is 703. The Labute approximate surface area is 141 Å². The number of aromatic nitrogens is 2. The summed E-state index contributed by atoms with van der Waals surface area (Å²) in [7, 11) is 1.61. The van der Waals surface area contributed by atoms with Crippen molar-refractivity contribution in [3.8, 4) is 5.75 Å². The lowest BCUT2D eigenvalue weighted by Crippen LogP contribution is -2.34. The summed E-state index contributed by atoms with van der Waals surface area (Å²) in [5.41, 5.74) is 2.52. The van der Waals surface area contributed by atoms with Crippen LogP contribution in [0.3, 0.4) is 0 Å². The van der Waals surface area contributed by atoms with Crippen molar-refractivity contribution < 1.29 is 19.2 Å². The molecule has 0 aliphatic heterocycles. The molecule has 7 nitrogen and oxygen atoms in total.